The van der Waals surface area contributed by atoms with Crippen molar-refractivity contribution >= 4 is 53.2 Å². The predicted octanol–water partition coefficient (Wildman–Crippen LogP) is 3.85. The highest BCUT2D eigenvalue weighted by Gasteiger charge is 2.40. The van der Waals surface area contributed by atoms with Gasteiger partial charge in [0.25, 0.3) is 17.7 Å². The van der Waals surface area contributed by atoms with Gasteiger partial charge in [-0.05, 0) is 123 Å². The van der Waals surface area contributed by atoms with Gasteiger partial charge < -0.3 is 44.1 Å². The van der Waals surface area contributed by atoms with E-state index < -0.39 is 11.9 Å². The van der Waals surface area contributed by atoms with Crippen molar-refractivity contribution in [2.24, 2.45) is 5.10 Å². The van der Waals surface area contributed by atoms with Crippen molar-refractivity contribution in [1.29, 1.82) is 0 Å². The fourth-order valence-corrected chi connectivity index (χ4v) is 9.40. The topological polar surface area (TPSA) is 247 Å². The van der Waals surface area contributed by atoms with E-state index in [0.717, 1.165) is 40.4 Å². The molecule has 0 spiro atoms. The number of piperidine rings is 1. The number of carbonyl (C=O) groups excluding carboxylic acids is 6. The van der Waals surface area contributed by atoms with Gasteiger partial charge in [-0.15, -0.1) is 0 Å². The summed E-state index contributed by atoms with van der Waals surface area (Å²) in [5, 5.41) is 19.3. The Bertz CT molecular complexity index is 3010. The molecule has 21 nitrogen and oxygen atoms in total. The van der Waals surface area contributed by atoms with E-state index in [4.69, 9.17) is 23.7 Å². The Balaban J connectivity index is 0.660. The minimum Gasteiger partial charge on any atom is -0.497 e. The Morgan fingerprint density at radius 1 is 0.833 bits per heavy atom. The molecule has 4 aromatic carbocycles. The van der Waals surface area contributed by atoms with E-state index in [9.17, 15) is 28.8 Å². The molecular formula is C57H64N10O11. The van der Waals surface area contributed by atoms with Crippen LogP contribution >= 0.6 is 0 Å². The number of aryl methyl sites for hydroxylation is 2. The molecule has 1 aromatic heterocycles. The van der Waals surface area contributed by atoms with Gasteiger partial charge in [-0.1, -0.05) is 17.9 Å². The van der Waals surface area contributed by atoms with Gasteiger partial charge in [0, 0.05) is 78.3 Å². The largest absolute Gasteiger partial charge is 0.497 e. The summed E-state index contributed by atoms with van der Waals surface area (Å²) in [7, 11) is 3.25. The number of aromatic amines is 1. The summed E-state index contributed by atoms with van der Waals surface area (Å²) in [6.45, 7) is 6.95. The molecule has 21 heteroatoms. The molecule has 2 saturated heterocycles. The smallest absolute Gasteiger partial charge is 0.256 e. The molecule has 8 rings (SSSR count). The summed E-state index contributed by atoms with van der Waals surface area (Å²) in [5.74, 6) is 6.54. The van der Waals surface area contributed by atoms with Crippen LogP contribution in [0.2, 0.25) is 0 Å². The maximum absolute atomic E-state index is 13.1. The number of hydrogen-bond acceptors (Lipinski definition) is 15. The first-order valence-electron chi connectivity index (χ1n) is 25.7. The Kier molecular flexibility index (Phi) is 19.2. The van der Waals surface area contributed by atoms with Gasteiger partial charge in [0.15, 0.2) is 5.82 Å². The predicted molar refractivity (Wildman–Crippen MR) is 289 cm³/mol. The van der Waals surface area contributed by atoms with E-state index >= 15 is 0 Å². The summed E-state index contributed by atoms with van der Waals surface area (Å²) in [4.78, 5) is 81.3. The molecule has 0 radical (unpaired) electrons. The maximum atomic E-state index is 13.1. The number of nitrogens with zero attached hydrogens (tertiary/aromatic N) is 5. The van der Waals surface area contributed by atoms with Gasteiger partial charge in [-0.2, -0.15) is 10.2 Å². The quantitative estimate of drug-likeness (QED) is 0.0205. The summed E-state index contributed by atoms with van der Waals surface area (Å²) in [6, 6.07) is 27.0. The van der Waals surface area contributed by atoms with Gasteiger partial charge in [0.1, 0.15) is 36.5 Å². The van der Waals surface area contributed by atoms with Crippen LogP contribution in [0.15, 0.2) is 96.1 Å². The van der Waals surface area contributed by atoms with Crippen LogP contribution in [0.25, 0.3) is 0 Å². The van der Waals surface area contributed by atoms with Crippen LogP contribution < -0.4 is 40.5 Å². The number of benzene rings is 4. The minimum atomic E-state index is -0.712. The van der Waals surface area contributed by atoms with Crippen molar-refractivity contribution in [2.45, 2.75) is 64.2 Å². The molecule has 0 saturated carbocycles. The van der Waals surface area contributed by atoms with E-state index in [1.165, 1.54) is 4.90 Å². The first kappa shape index (κ1) is 55.6. The van der Waals surface area contributed by atoms with Gasteiger partial charge in [0.05, 0.1) is 53.3 Å². The van der Waals surface area contributed by atoms with E-state index in [1.54, 1.807) is 62.9 Å². The van der Waals surface area contributed by atoms with Crippen molar-refractivity contribution in [3.8, 4) is 29.1 Å². The molecule has 0 bridgehead atoms. The fraction of sp³-hybridized carbons (Fsp3) is 0.368. The number of imide groups is 1. The van der Waals surface area contributed by atoms with E-state index in [2.05, 4.69) is 72.2 Å². The molecule has 1 unspecified atom stereocenters. The number of nitrogens with one attached hydrogen (secondary N) is 5. The zero-order chi connectivity index (χ0) is 55.0. The third-order valence-corrected chi connectivity index (χ3v) is 13.5. The van der Waals surface area contributed by atoms with Crippen LogP contribution in [0.3, 0.4) is 0 Å². The van der Waals surface area contributed by atoms with Crippen LogP contribution in [0.4, 0.5) is 11.5 Å². The van der Waals surface area contributed by atoms with Crippen LogP contribution in [-0.4, -0.2) is 153 Å². The Labute approximate surface area is 452 Å². The highest BCUT2D eigenvalue weighted by Crippen LogP contribution is 2.30. The lowest BCUT2D eigenvalue weighted by atomic mass is 10.0. The average molecular weight is 1070 g/mol. The van der Waals surface area contributed by atoms with E-state index in [-0.39, 0.29) is 93.9 Å². The monoisotopic (exact) mass is 1060 g/mol. The van der Waals surface area contributed by atoms with Crippen molar-refractivity contribution in [3.05, 3.63) is 130 Å². The molecule has 3 aliphatic rings. The Morgan fingerprint density at radius 2 is 1.56 bits per heavy atom. The fourth-order valence-electron chi connectivity index (χ4n) is 9.40. The Morgan fingerprint density at radius 3 is 2.29 bits per heavy atom. The van der Waals surface area contributed by atoms with Crippen LogP contribution in [0.5, 0.6) is 17.2 Å². The summed E-state index contributed by atoms with van der Waals surface area (Å²) in [6.07, 6.45) is 3.44. The van der Waals surface area contributed by atoms with Crippen molar-refractivity contribution in [2.75, 3.05) is 83.6 Å². The standard InChI is InChI=1S/C57H64N10O11/c1-37-32-65(44-16-13-42(14-17-44)55(71)60-51-29-43(62-63-51)15-10-40-27-46(74-3)30-47(28-40)75-4)33-38(2)66(37)35-53(69)64-59-31-39-11-18-45(19-12-39)78-26-25-76-23-24-77-36-54(70)58-22-6-8-41-7-5-9-48-49(41)34-67(57(48)73)50-20-21-52(68)61-56(50)72/h5,7,9,11-14,16-19,27-31,37-38,50H,10,15,20-26,32-36H2,1-4H3,(H,58,70)(H,64,69)(H,61,68,72)(H2,60,62,63,71)/b59-31+/t37-,38+,50?. The molecule has 6 amide bonds. The second-order valence-electron chi connectivity index (χ2n) is 19.0. The molecule has 3 aliphatic heterocycles. The molecule has 2 fully saturated rings. The molecule has 408 valence electrons. The number of ether oxygens (including phenoxy) is 5. The number of methoxy groups -OCH3 is 2. The molecule has 5 N–H and O–H groups in total. The zero-order valence-corrected chi connectivity index (χ0v) is 44.1. The van der Waals surface area contributed by atoms with Crippen molar-refractivity contribution in [3.63, 3.8) is 0 Å². The second-order valence-corrected chi connectivity index (χ2v) is 19.0. The number of rotatable bonds is 23. The number of hydrogen-bond donors (Lipinski definition) is 5. The number of aromatic nitrogens is 2. The normalized spacial score (nSPS) is 17.2. The zero-order valence-electron chi connectivity index (χ0n) is 44.1. The molecular weight excluding hydrogens is 1000 g/mol. The number of fused-ring (bicyclic) bond motifs is 1. The first-order chi connectivity index (χ1) is 37.8. The van der Waals surface area contributed by atoms with Gasteiger partial charge in [0.2, 0.25) is 17.7 Å². The van der Waals surface area contributed by atoms with Gasteiger partial charge >= 0.3 is 0 Å². The summed E-state index contributed by atoms with van der Waals surface area (Å²) < 4.78 is 27.5. The van der Waals surface area contributed by atoms with Gasteiger partial charge in [-0.3, -0.25) is 44.1 Å². The number of H-pyrrole nitrogens is 1. The highest BCUT2D eigenvalue weighted by molar-refractivity contribution is 6.06. The SMILES string of the molecule is COc1cc(CCc2cc(NC(=O)c3ccc(N4C[C@@H](C)N(CC(=O)N/N=C/c5ccc(OCCOCCOCC(=O)NCC#Cc6cccc7c6CN(C6CCC(=O)NC6=O)C7=O)cc5)[C@@H](C)C4)cc3)n[nH]2)cc(OC)c1. The molecule has 0 aliphatic carbocycles. The lowest BCUT2D eigenvalue weighted by Crippen LogP contribution is -2.58. The van der Waals surface area contributed by atoms with E-state index in [0.29, 0.717) is 66.5 Å². The number of carbonyl (C=O) groups is 6. The first-order valence-corrected chi connectivity index (χ1v) is 25.7. The maximum Gasteiger partial charge on any atom is 0.256 e. The third-order valence-electron chi connectivity index (χ3n) is 13.5. The molecule has 5 aromatic rings. The van der Waals surface area contributed by atoms with Crippen LogP contribution in [0.1, 0.15) is 75.4 Å². The summed E-state index contributed by atoms with van der Waals surface area (Å²) >= 11 is 0. The van der Waals surface area contributed by atoms with Gasteiger partial charge in [-0.25, -0.2) is 5.43 Å². The minimum absolute atomic E-state index is 0.0696. The average Bonchev–Trinajstić information content (AvgIpc) is 4.17. The summed E-state index contributed by atoms with van der Waals surface area (Å²) in [5.41, 5.74) is 8.68. The van der Waals surface area contributed by atoms with Crippen molar-refractivity contribution < 1.29 is 52.5 Å². The third kappa shape index (κ3) is 15.1. The molecule has 4 heterocycles. The lowest BCUT2D eigenvalue weighted by molar-refractivity contribution is -0.137. The van der Waals surface area contributed by atoms with Crippen LogP contribution in [0, 0.1) is 11.8 Å². The Hall–Kier alpha value is -8.58. The number of hydrazone groups is 1. The second kappa shape index (κ2) is 27.0. The lowest BCUT2D eigenvalue weighted by Gasteiger charge is -2.45. The van der Waals surface area contributed by atoms with Crippen molar-refractivity contribution in [1.82, 2.24) is 36.1 Å². The molecule has 3 atom stereocenters. The number of anilines is 2. The molecule has 78 heavy (non-hydrogen) atoms. The van der Waals surface area contributed by atoms with E-state index in [1.807, 2.05) is 48.5 Å². The van der Waals surface area contributed by atoms with Crippen LogP contribution in [-0.2, 0) is 48.0 Å². The number of amides is 6. The highest BCUT2D eigenvalue weighted by atomic mass is 16.5. The number of piperazine rings is 1.